The monoisotopic (exact) mass is 331 g/mol. The van der Waals surface area contributed by atoms with E-state index in [0.717, 1.165) is 13.0 Å². The van der Waals surface area contributed by atoms with Gasteiger partial charge < -0.3 is 14.4 Å². The molecule has 122 valence electrons. The zero-order valence-corrected chi connectivity index (χ0v) is 14.5. The van der Waals surface area contributed by atoms with Gasteiger partial charge in [-0.05, 0) is 55.5 Å². The normalized spacial score (nSPS) is 16.8. The van der Waals surface area contributed by atoms with Gasteiger partial charge >= 0.3 is 0 Å². The van der Waals surface area contributed by atoms with Gasteiger partial charge in [0.25, 0.3) is 5.91 Å². The molecule has 0 bridgehead atoms. The summed E-state index contributed by atoms with van der Waals surface area (Å²) in [5.74, 6) is 1.30. The van der Waals surface area contributed by atoms with E-state index in [4.69, 9.17) is 9.47 Å². The molecule has 0 saturated heterocycles. The molecule has 3 rings (SSSR count). The van der Waals surface area contributed by atoms with Crippen molar-refractivity contribution < 1.29 is 14.3 Å². The zero-order valence-electron chi connectivity index (χ0n) is 13.7. The van der Waals surface area contributed by atoms with Crippen LogP contribution in [0.25, 0.3) is 0 Å². The zero-order chi connectivity index (χ0) is 16.4. The maximum Gasteiger partial charge on any atom is 0.254 e. The minimum absolute atomic E-state index is 0.0377. The number of rotatable bonds is 4. The molecule has 4 nitrogen and oxygen atoms in total. The van der Waals surface area contributed by atoms with Crippen LogP contribution in [-0.2, 0) is 6.42 Å². The fraction of sp³-hybridized carbons (Fsp3) is 0.389. The van der Waals surface area contributed by atoms with Gasteiger partial charge in [-0.3, -0.25) is 4.79 Å². The lowest BCUT2D eigenvalue weighted by atomic mass is 10.0. The number of methoxy groups -OCH3 is 1. The average molecular weight is 331 g/mol. The molecule has 1 amide bonds. The number of hydrogen-bond acceptors (Lipinski definition) is 4. The topological polar surface area (TPSA) is 38.8 Å². The first-order valence-corrected chi connectivity index (χ1v) is 8.71. The molecule has 1 aromatic heterocycles. The lowest BCUT2D eigenvalue weighted by Gasteiger charge is -2.33. The van der Waals surface area contributed by atoms with E-state index in [1.165, 1.54) is 10.4 Å². The summed E-state index contributed by atoms with van der Waals surface area (Å²) in [5, 5.41) is 2.11. The first-order chi connectivity index (χ1) is 11.2. The highest BCUT2D eigenvalue weighted by atomic mass is 32.1. The van der Waals surface area contributed by atoms with Gasteiger partial charge in [-0.25, -0.2) is 0 Å². The van der Waals surface area contributed by atoms with Crippen LogP contribution in [0.5, 0.6) is 11.5 Å². The highest BCUT2D eigenvalue weighted by molar-refractivity contribution is 7.10. The molecule has 5 heteroatoms. The van der Waals surface area contributed by atoms with Crippen molar-refractivity contribution in [1.29, 1.82) is 0 Å². The van der Waals surface area contributed by atoms with Crippen molar-refractivity contribution in [2.45, 2.75) is 26.3 Å². The summed E-state index contributed by atoms with van der Waals surface area (Å²) in [6, 6.07) is 7.62. The fourth-order valence-electron chi connectivity index (χ4n) is 3.03. The maximum atomic E-state index is 12.9. The Hall–Kier alpha value is -2.01. The van der Waals surface area contributed by atoms with Crippen LogP contribution in [0.3, 0.4) is 0 Å². The van der Waals surface area contributed by atoms with Gasteiger partial charge in [-0.2, -0.15) is 0 Å². The highest BCUT2D eigenvalue weighted by Crippen LogP contribution is 2.35. The SMILES string of the molecule is CCOc1ccc(C(=O)N2CCc3sccc3[C@H]2C)cc1OC. The number of fused-ring (bicyclic) bond motifs is 1. The largest absolute Gasteiger partial charge is 0.493 e. The Morgan fingerprint density at radius 1 is 1.35 bits per heavy atom. The summed E-state index contributed by atoms with van der Waals surface area (Å²) in [4.78, 5) is 16.2. The molecule has 0 fully saturated rings. The molecule has 2 aromatic rings. The second kappa shape index (κ2) is 6.62. The Labute approximate surface area is 140 Å². The number of ether oxygens (including phenoxy) is 2. The predicted molar refractivity (Wildman–Crippen MR) is 91.6 cm³/mol. The number of carbonyl (C=O) groups excluding carboxylic acids is 1. The van der Waals surface area contributed by atoms with Gasteiger partial charge in [0.1, 0.15) is 0 Å². The minimum atomic E-state index is 0.0377. The lowest BCUT2D eigenvalue weighted by Crippen LogP contribution is -2.38. The summed E-state index contributed by atoms with van der Waals surface area (Å²) in [7, 11) is 1.59. The Balaban J connectivity index is 1.86. The van der Waals surface area contributed by atoms with Crippen molar-refractivity contribution in [2.24, 2.45) is 0 Å². The van der Waals surface area contributed by atoms with E-state index >= 15 is 0 Å². The van der Waals surface area contributed by atoms with E-state index in [9.17, 15) is 4.79 Å². The van der Waals surface area contributed by atoms with Crippen molar-refractivity contribution in [3.8, 4) is 11.5 Å². The van der Waals surface area contributed by atoms with Crippen LogP contribution in [-0.4, -0.2) is 31.1 Å². The van der Waals surface area contributed by atoms with Crippen molar-refractivity contribution in [3.63, 3.8) is 0 Å². The van der Waals surface area contributed by atoms with Gasteiger partial charge in [-0.15, -0.1) is 11.3 Å². The molecule has 2 heterocycles. The summed E-state index contributed by atoms with van der Waals surface area (Å²) < 4.78 is 10.9. The van der Waals surface area contributed by atoms with Crippen LogP contribution in [0.2, 0.25) is 0 Å². The van der Waals surface area contributed by atoms with Gasteiger partial charge in [0.05, 0.1) is 19.8 Å². The quantitative estimate of drug-likeness (QED) is 0.852. The molecule has 0 aliphatic carbocycles. The Bertz CT molecular complexity index is 710. The molecule has 1 aromatic carbocycles. The van der Waals surface area contributed by atoms with E-state index in [-0.39, 0.29) is 11.9 Å². The molecule has 1 aliphatic rings. The average Bonchev–Trinajstić information content (AvgIpc) is 3.05. The minimum Gasteiger partial charge on any atom is -0.493 e. The van der Waals surface area contributed by atoms with Crippen LogP contribution in [0.4, 0.5) is 0 Å². The second-order valence-electron chi connectivity index (χ2n) is 5.52. The van der Waals surface area contributed by atoms with Crippen LogP contribution in [0.15, 0.2) is 29.6 Å². The summed E-state index contributed by atoms with van der Waals surface area (Å²) >= 11 is 1.78. The van der Waals surface area contributed by atoms with Crippen molar-refractivity contribution in [3.05, 3.63) is 45.6 Å². The predicted octanol–water partition coefficient (Wildman–Crippen LogP) is 3.91. The third kappa shape index (κ3) is 2.93. The Morgan fingerprint density at radius 3 is 2.91 bits per heavy atom. The third-order valence-electron chi connectivity index (χ3n) is 4.25. The van der Waals surface area contributed by atoms with Crippen molar-refractivity contribution >= 4 is 17.2 Å². The van der Waals surface area contributed by atoms with Gasteiger partial charge in [0, 0.05) is 17.0 Å². The Morgan fingerprint density at radius 2 is 2.17 bits per heavy atom. The summed E-state index contributed by atoms with van der Waals surface area (Å²) in [6.07, 6.45) is 0.928. The molecule has 0 unspecified atom stereocenters. The molecular weight excluding hydrogens is 310 g/mol. The summed E-state index contributed by atoms with van der Waals surface area (Å²) in [6.45, 7) is 5.33. The smallest absolute Gasteiger partial charge is 0.254 e. The third-order valence-corrected chi connectivity index (χ3v) is 5.25. The molecule has 0 N–H and O–H groups in total. The number of hydrogen-bond donors (Lipinski definition) is 0. The number of nitrogens with zero attached hydrogens (tertiary/aromatic N) is 1. The van der Waals surface area contributed by atoms with Gasteiger partial charge in [-0.1, -0.05) is 0 Å². The van der Waals surface area contributed by atoms with E-state index in [2.05, 4.69) is 18.4 Å². The molecule has 23 heavy (non-hydrogen) atoms. The van der Waals surface area contributed by atoms with Gasteiger partial charge in [0.15, 0.2) is 11.5 Å². The molecule has 0 radical (unpaired) electrons. The molecule has 1 atom stereocenters. The van der Waals surface area contributed by atoms with Crippen LogP contribution in [0, 0.1) is 0 Å². The number of benzene rings is 1. The molecule has 0 spiro atoms. The van der Waals surface area contributed by atoms with Crippen LogP contribution >= 0.6 is 11.3 Å². The van der Waals surface area contributed by atoms with E-state index in [0.29, 0.717) is 23.7 Å². The lowest BCUT2D eigenvalue weighted by molar-refractivity contribution is 0.0679. The number of carbonyl (C=O) groups is 1. The number of thiophene rings is 1. The standard InChI is InChI=1S/C18H21NO3S/c1-4-22-15-6-5-13(11-16(15)21-3)18(20)19-9-7-17-14(12(19)2)8-10-23-17/h5-6,8,10-12H,4,7,9H2,1-3H3/t12-/m1/s1. The van der Waals surface area contributed by atoms with Gasteiger partial charge in [0.2, 0.25) is 0 Å². The highest BCUT2D eigenvalue weighted by Gasteiger charge is 2.29. The fourth-order valence-corrected chi connectivity index (χ4v) is 3.99. The van der Waals surface area contributed by atoms with Crippen molar-refractivity contribution in [2.75, 3.05) is 20.3 Å². The van der Waals surface area contributed by atoms with E-state index < -0.39 is 0 Å². The van der Waals surface area contributed by atoms with Crippen LogP contribution in [0.1, 0.15) is 40.7 Å². The van der Waals surface area contributed by atoms with E-state index in [1.807, 2.05) is 17.9 Å². The Kier molecular flexibility index (Phi) is 4.57. The van der Waals surface area contributed by atoms with Crippen LogP contribution < -0.4 is 9.47 Å². The summed E-state index contributed by atoms with van der Waals surface area (Å²) in [5.41, 5.74) is 1.91. The van der Waals surface area contributed by atoms with E-state index in [1.54, 1.807) is 30.6 Å². The first kappa shape index (κ1) is 15.9. The van der Waals surface area contributed by atoms with Crippen molar-refractivity contribution in [1.82, 2.24) is 4.90 Å². The molecule has 1 aliphatic heterocycles. The molecule has 0 saturated carbocycles. The second-order valence-corrected chi connectivity index (χ2v) is 6.52. The molecular formula is C18H21NO3S. The maximum absolute atomic E-state index is 12.9. The first-order valence-electron chi connectivity index (χ1n) is 7.83. The number of amides is 1.